The van der Waals surface area contributed by atoms with Gasteiger partial charge in [-0.15, -0.1) is 0 Å². The third-order valence-electron chi connectivity index (χ3n) is 6.17. The van der Waals surface area contributed by atoms with E-state index in [1.807, 2.05) is 7.05 Å². The third kappa shape index (κ3) is 4.83. The van der Waals surface area contributed by atoms with Crippen molar-refractivity contribution in [2.75, 3.05) is 27.2 Å². The lowest BCUT2D eigenvalue weighted by Crippen LogP contribution is -2.36. The van der Waals surface area contributed by atoms with Gasteiger partial charge in [0.15, 0.2) is 0 Å². The van der Waals surface area contributed by atoms with Crippen molar-refractivity contribution in [2.45, 2.75) is 76.5 Å². The van der Waals surface area contributed by atoms with E-state index in [1.54, 1.807) is 0 Å². The number of H-pyrrole nitrogens is 1. The molecule has 2 fully saturated rings. The Balaban J connectivity index is 1.51. The summed E-state index contributed by atoms with van der Waals surface area (Å²) in [4.78, 5) is 2.36. The molecule has 1 aliphatic carbocycles. The van der Waals surface area contributed by atoms with Gasteiger partial charge >= 0.3 is 0 Å². The van der Waals surface area contributed by atoms with E-state index in [1.165, 1.54) is 49.8 Å². The molecular weight excluding hydrogens is 312 g/mol. The molecule has 5 heteroatoms. The quantitative estimate of drug-likeness (QED) is 0.795. The highest BCUT2D eigenvalue weighted by Gasteiger charge is 2.45. The summed E-state index contributed by atoms with van der Waals surface area (Å²) >= 11 is 0. The van der Waals surface area contributed by atoms with Gasteiger partial charge in [-0.1, -0.05) is 0 Å². The van der Waals surface area contributed by atoms with E-state index in [9.17, 15) is 0 Å². The summed E-state index contributed by atoms with van der Waals surface area (Å²) in [6, 6.07) is 0. The van der Waals surface area contributed by atoms with Crippen molar-refractivity contribution in [1.82, 2.24) is 20.4 Å². The molecule has 1 saturated heterocycles. The van der Waals surface area contributed by atoms with Crippen LogP contribution in [0.2, 0.25) is 0 Å². The first kappa shape index (κ1) is 18.9. The van der Waals surface area contributed by atoms with E-state index in [0.29, 0.717) is 0 Å². The Morgan fingerprint density at radius 1 is 1.28 bits per heavy atom. The minimum absolute atomic E-state index is 0.0835. The predicted octanol–water partition coefficient (Wildman–Crippen LogP) is 3.12. The maximum atomic E-state index is 6.44. The number of hydrogen-bond donors (Lipinski definition) is 2. The van der Waals surface area contributed by atoms with Crippen LogP contribution in [-0.2, 0) is 17.7 Å². The average Bonchev–Trinajstić information content (AvgIpc) is 3.12. The lowest BCUT2D eigenvalue weighted by Gasteiger charge is -2.38. The zero-order valence-corrected chi connectivity index (χ0v) is 16.5. The molecule has 142 valence electrons. The Bertz CT molecular complexity index is 546. The van der Waals surface area contributed by atoms with Crippen LogP contribution in [0.3, 0.4) is 0 Å². The molecule has 1 aromatic rings. The van der Waals surface area contributed by atoms with Gasteiger partial charge in [-0.05, 0) is 78.8 Å². The second-order valence-corrected chi connectivity index (χ2v) is 8.89. The smallest absolute Gasteiger partial charge is 0.0691 e. The Kier molecular flexibility index (Phi) is 5.86. The van der Waals surface area contributed by atoms with E-state index in [-0.39, 0.29) is 11.2 Å². The molecule has 0 aromatic carbocycles. The van der Waals surface area contributed by atoms with Gasteiger partial charge in [-0.2, -0.15) is 5.10 Å². The lowest BCUT2D eigenvalue weighted by atomic mass is 9.75. The van der Waals surface area contributed by atoms with E-state index in [4.69, 9.17) is 4.74 Å². The molecule has 1 aromatic heterocycles. The van der Waals surface area contributed by atoms with Crippen molar-refractivity contribution in [1.29, 1.82) is 0 Å². The van der Waals surface area contributed by atoms with Crippen LogP contribution in [0.4, 0.5) is 0 Å². The fourth-order valence-electron chi connectivity index (χ4n) is 4.58. The van der Waals surface area contributed by atoms with Crippen LogP contribution in [0, 0.1) is 5.92 Å². The molecule has 5 nitrogen and oxygen atoms in total. The summed E-state index contributed by atoms with van der Waals surface area (Å²) in [5.41, 5.74) is 2.89. The summed E-state index contributed by atoms with van der Waals surface area (Å²) in [7, 11) is 4.18. The molecule has 0 unspecified atom stereocenters. The second-order valence-electron chi connectivity index (χ2n) is 8.89. The molecule has 1 spiro atoms. The van der Waals surface area contributed by atoms with Crippen molar-refractivity contribution in [3.05, 3.63) is 17.5 Å². The van der Waals surface area contributed by atoms with E-state index in [2.05, 4.69) is 47.5 Å². The molecule has 0 bridgehead atoms. The van der Waals surface area contributed by atoms with Crippen LogP contribution in [0.5, 0.6) is 0 Å². The van der Waals surface area contributed by atoms with E-state index < -0.39 is 0 Å². The van der Waals surface area contributed by atoms with Crippen LogP contribution in [0.15, 0.2) is 6.20 Å². The maximum absolute atomic E-state index is 6.44. The average molecular weight is 349 g/mol. The van der Waals surface area contributed by atoms with Crippen LogP contribution < -0.4 is 5.32 Å². The molecular formula is C20H36N4O. The first-order valence-electron chi connectivity index (χ1n) is 9.96. The summed E-state index contributed by atoms with van der Waals surface area (Å²) in [6.45, 7) is 7.54. The number of nitrogens with one attached hydrogen (secondary N) is 2. The Morgan fingerprint density at radius 3 is 2.68 bits per heavy atom. The zero-order valence-electron chi connectivity index (χ0n) is 16.5. The fourth-order valence-corrected chi connectivity index (χ4v) is 4.58. The molecule has 1 aliphatic heterocycles. The van der Waals surface area contributed by atoms with Gasteiger partial charge in [0.25, 0.3) is 0 Å². The number of ether oxygens (including phenoxy) is 1. The molecule has 0 atom stereocenters. The highest BCUT2D eigenvalue weighted by molar-refractivity contribution is 5.17. The lowest BCUT2D eigenvalue weighted by molar-refractivity contribution is -0.108. The maximum Gasteiger partial charge on any atom is 0.0691 e. The van der Waals surface area contributed by atoms with Gasteiger partial charge < -0.3 is 15.0 Å². The SMILES string of the molecule is CNCCN(C)Cc1c[nH]nc1C[C@H]1CC[C@@]2(CCC(C)(C)O2)CC1. The number of nitrogens with zero attached hydrogens (tertiary/aromatic N) is 2. The summed E-state index contributed by atoms with van der Waals surface area (Å²) in [6.07, 6.45) is 10.6. The highest BCUT2D eigenvalue weighted by Crippen LogP contribution is 2.47. The molecule has 2 aliphatic rings. The third-order valence-corrected chi connectivity index (χ3v) is 6.17. The summed E-state index contributed by atoms with van der Waals surface area (Å²) < 4.78 is 6.44. The first-order valence-corrected chi connectivity index (χ1v) is 9.96. The number of aromatic amines is 1. The Morgan fingerprint density at radius 2 is 2.04 bits per heavy atom. The normalized spacial score (nSPS) is 28.9. The molecule has 2 heterocycles. The highest BCUT2D eigenvalue weighted by atomic mass is 16.5. The van der Waals surface area contributed by atoms with Crippen molar-refractivity contribution >= 4 is 0 Å². The van der Waals surface area contributed by atoms with Crippen molar-refractivity contribution in [3.8, 4) is 0 Å². The van der Waals surface area contributed by atoms with Gasteiger partial charge in [0.05, 0.1) is 16.9 Å². The van der Waals surface area contributed by atoms with Gasteiger partial charge in [0.2, 0.25) is 0 Å². The van der Waals surface area contributed by atoms with Gasteiger partial charge in [-0.25, -0.2) is 0 Å². The standard InChI is InChI=1S/C20H36N4O/c1-19(2)9-10-20(25-19)7-5-16(6-8-20)13-18-17(14-22-23-18)15-24(4)12-11-21-3/h14,16,21H,5-13,15H2,1-4H3,(H,22,23)/t16-,20-. The van der Waals surface area contributed by atoms with Crippen molar-refractivity contribution in [3.63, 3.8) is 0 Å². The number of rotatable bonds is 7. The summed E-state index contributed by atoms with van der Waals surface area (Å²) in [5.74, 6) is 0.752. The Hall–Kier alpha value is -0.910. The minimum Gasteiger partial charge on any atom is -0.369 e. The van der Waals surface area contributed by atoms with E-state index in [0.717, 1.165) is 32.0 Å². The largest absolute Gasteiger partial charge is 0.369 e. The van der Waals surface area contributed by atoms with Crippen LogP contribution in [0.1, 0.15) is 63.6 Å². The summed E-state index contributed by atoms with van der Waals surface area (Å²) in [5, 5.41) is 10.9. The molecule has 0 amide bonds. The van der Waals surface area contributed by atoms with Crippen molar-refractivity contribution < 1.29 is 4.74 Å². The van der Waals surface area contributed by atoms with Gasteiger partial charge in [0, 0.05) is 31.4 Å². The number of hydrogen-bond acceptors (Lipinski definition) is 4. The topological polar surface area (TPSA) is 53.2 Å². The fraction of sp³-hybridized carbons (Fsp3) is 0.850. The molecule has 1 saturated carbocycles. The number of aromatic nitrogens is 2. The zero-order chi connectivity index (χ0) is 17.9. The van der Waals surface area contributed by atoms with Crippen LogP contribution in [-0.4, -0.2) is 53.5 Å². The molecule has 3 rings (SSSR count). The molecule has 25 heavy (non-hydrogen) atoms. The molecule has 2 N–H and O–H groups in total. The van der Waals surface area contributed by atoms with Gasteiger partial charge in [0.1, 0.15) is 0 Å². The number of likely N-dealkylation sites (N-methyl/N-ethyl adjacent to an activating group) is 2. The van der Waals surface area contributed by atoms with Crippen LogP contribution in [0.25, 0.3) is 0 Å². The van der Waals surface area contributed by atoms with Gasteiger partial charge in [-0.3, -0.25) is 5.10 Å². The van der Waals surface area contributed by atoms with E-state index >= 15 is 0 Å². The first-order chi connectivity index (χ1) is 11.9. The Labute approximate surface area is 152 Å². The van der Waals surface area contributed by atoms with Crippen molar-refractivity contribution in [2.24, 2.45) is 5.92 Å². The van der Waals surface area contributed by atoms with Crippen LogP contribution >= 0.6 is 0 Å². The predicted molar refractivity (Wildman–Crippen MR) is 102 cm³/mol. The minimum atomic E-state index is 0.0835. The molecule has 0 radical (unpaired) electrons. The second kappa shape index (κ2) is 7.77. The monoisotopic (exact) mass is 348 g/mol.